The van der Waals surface area contributed by atoms with E-state index < -0.39 is 32.1 Å². The number of hydrogen-bond donors (Lipinski definition) is 5. The Bertz CT molecular complexity index is 6490. The van der Waals surface area contributed by atoms with E-state index in [1.54, 1.807) is 31.0 Å². The van der Waals surface area contributed by atoms with Crippen LogP contribution in [0.4, 0.5) is 73.0 Å². The van der Waals surface area contributed by atoms with E-state index in [-0.39, 0.29) is 46.2 Å². The van der Waals surface area contributed by atoms with Gasteiger partial charge in [-0.2, -0.15) is 25.5 Å². The van der Waals surface area contributed by atoms with Gasteiger partial charge in [0.05, 0.1) is 91.4 Å². The highest BCUT2D eigenvalue weighted by atomic mass is 19.3. The van der Waals surface area contributed by atoms with Crippen LogP contribution in [0.15, 0.2) is 154 Å². The summed E-state index contributed by atoms with van der Waals surface area (Å²) in [5.41, 5.74) is 7.05. The third kappa shape index (κ3) is 18.4. The molecule has 24 rings (SSSR count). The molecule has 5 unspecified atom stereocenters. The highest BCUT2D eigenvalue weighted by Crippen LogP contribution is 2.39. The van der Waals surface area contributed by atoms with Gasteiger partial charge >= 0.3 is 0 Å². The molecule has 5 N–H and O–H groups in total. The van der Waals surface area contributed by atoms with Crippen LogP contribution in [0.3, 0.4) is 0 Å². The molecule has 37 nitrogen and oxygen atoms in total. The Kier molecular flexibility index (Phi) is 25.2. The van der Waals surface area contributed by atoms with Crippen molar-refractivity contribution in [3.8, 4) is 56.9 Å². The van der Waals surface area contributed by atoms with Gasteiger partial charge in [0.2, 0.25) is 0 Å². The predicted molar refractivity (Wildman–Crippen MR) is 470 cm³/mol. The summed E-state index contributed by atoms with van der Waals surface area (Å²) in [5.74, 6) is 5.32. The number of ether oxygens (including phenoxy) is 2. The van der Waals surface area contributed by atoms with E-state index >= 15 is 0 Å². The molecule has 0 saturated carbocycles. The number of alkyl halides is 10. The smallest absolute Gasteiger partial charge is 0.282 e. The molecule has 47 heteroatoms. The minimum atomic E-state index is -2.65. The maximum absolute atomic E-state index is 13.0. The van der Waals surface area contributed by atoms with Crippen molar-refractivity contribution in [2.75, 3.05) is 156 Å². The molecule has 0 aliphatic carbocycles. The molecule has 15 aromatic rings. The van der Waals surface area contributed by atoms with Crippen molar-refractivity contribution in [2.24, 2.45) is 17.3 Å². The van der Waals surface area contributed by atoms with Gasteiger partial charge < -0.3 is 60.6 Å². The van der Waals surface area contributed by atoms with Crippen molar-refractivity contribution in [2.45, 2.75) is 88.0 Å². The van der Waals surface area contributed by atoms with Gasteiger partial charge in [-0.25, -0.2) is 141 Å². The molecule has 0 bridgehead atoms. The van der Waals surface area contributed by atoms with Gasteiger partial charge in [-0.05, 0) is 118 Å². The van der Waals surface area contributed by atoms with Crippen LogP contribution in [-0.2, 0) is 9.47 Å². The van der Waals surface area contributed by atoms with E-state index in [0.29, 0.717) is 122 Å². The maximum Gasteiger partial charge on any atom is 0.282 e. The van der Waals surface area contributed by atoms with E-state index in [1.165, 1.54) is 128 Å². The first kappa shape index (κ1) is 88.4. The normalized spacial score (nSPS) is 20.1. The van der Waals surface area contributed by atoms with Gasteiger partial charge in [0, 0.05) is 140 Å². The molecule has 9 saturated heterocycles. The average molecular weight is 1850 g/mol. The van der Waals surface area contributed by atoms with Gasteiger partial charge in [0.25, 0.3) is 32.1 Å². The molecular weight excluding hydrogens is 1760 g/mol. The van der Waals surface area contributed by atoms with Crippen molar-refractivity contribution in [1.82, 2.24) is 149 Å². The summed E-state index contributed by atoms with van der Waals surface area (Å²) >= 11 is 0. The summed E-state index contributed by atoms with van der Waals surface area (Å²) in [7, 11) is 1.97. The summed E-state index contributed by atoms with van der Waals surface area (Å²) in [6, 6.07) is 24.1. The molecule has 24 heterocycles. The molecule has 2 spiro atoms. The molecule has 15 aromatic heterocycles. The molecule has 9 aliphatic rings. The first-order valence-corrected chi connectivity index (χ1v) is 44.1. The molecule has 5 atom stereocenters. The Morgan fingerprint density at radius 2 is 0.769 bits per heavy atom. The number of nitrogens with one attached hydrogen (secondary N) is 5. The van der Waals surface area contributed by atoms with E-state index in [4.69, 9.17) is 9.47 Å². The van der Waals surface area contributed by atoms with Crippen molar-refractivity contribution in [3.05, 3.63) is 182 Å². The summed E-state index contributed by atoms with van der Waals surface area (Å²) in [6.45, 7) is 16.7. The zero-order valence-corrected chi connectivity index (χ0v) is 72.2. The Labute approximate surface area is 757 Å². The van der Waals surface area contributed by atoms with Crippen LogP contribution in [0.1, 0.15) is 92.7 Å². The van der Waals surface area contributed by atoms with Crippen LogP contribution < -0.4 is 51.1 Å². The van der Waals surface area contributed by atoms with Gasteiger partial charge in [-0.3, -0.25) is 0 Å². The SMILES string of the molecule is CNCC1CCCN(c2cc(-c3cnc4ccc(C(F)F)nn34)ncn2)C1.FC(F)c1ccc2ncc(-c3cc(N4CCC5CNCC54)ncn3)n2n1.FC(F)c1ccc2ncc(-c3cc(N4CCCC5(CNC5)C4)ncn3)n2n1.FC(F)c1ccc2ncc(-c3cc(N4CCOC5(CNC5)C4)ncn3)n2n1.FC(F)c1ccc2ncc(-c3cc(N4CCOC5CNCC54)ncn3)n2n1. The summed E-state index contributed by atoms with van der Waals surface area (Å²) in [6.07, 6.45) is 8.24. The number of hydrogen-bond acceptors (Lipinski definition) is 32. The maximum atomic E-state index is 13.0. The Hall–Kier alpha value is -13.5. The molecule has 9 fully saturated rings. The van der Waals surface area contributed by atoms with E-state index in [2.05, 4.69) is 151 Å². The van der Waals surface area contributed by atoms with Crippen LogP contribution in [0, 0.1) is 17.3 Å². The molecule has 134 heavy (non-hydrogen) atoms. The number of imidazole rings is 5. The van der Waals surface area contributed by atoms with Gasteiger partial charge in [-0.15, -0.1) is 0 Å². The van der Waals surface area contributed by atoms with E-state index in [1.807, 2.05) is 37.4 Å². The standard InChI is InChI=1S/C18H19F2N7.C18H21F2N7.2C17H17F2N7O.C17H17F2N7/c19-17(20)12-2-3-15-22-7-14(27(15)25-12)13-6-16(24-11-23-13)26-5-1-4-18(10-26)8-21-9-18;1-21-8-12-3-2-6-26(10-12)17-7-14(23-11-24-17)15-9-22-16-5-4-13(18(19)20)25-27(15)16;18-16(19)11-1-2-14-21-6-13(26(14)24-11)12-5-15(23-10-22-12)25-3-4-27-17(9-25)7-20-8-17;18-17(19)10-1-2-15-21-7-12(26(15)24-10)11-5-16(23-9-22-11)25-3-4-27-14-8-20-6-13(14)25;18-17(19)11-1-2-15-21-8-14(26(15)24-11)12-5-16(23-9-22-12)25-4-3-10-6-20-7-13(10)25/h2-3,6-7,11,17,21H,1,4-5,8-10H2;4-5,7,9,11-12,18,21H,2-3,6,8,10H2,1H3;1-2,5-6,10,16,20H,3-4,7-9H2;1-2,5,7,9,13-14,17,20H,3-4,6,8H2;1-2,5,8-10,13,17,20H,3-4,6-7H2. The summed E-state index contributed by atoms with van der Waals surface area (Å²) < 4.78 is 149. The lowest BCUT2D eigenvalue weighted by Crippen LogP contribution is -2.69. The number of anilines is 5. The van der Waals surface area contributed by atoms with Gasteiger partial charge in [0.15, 0.2) is 28.2 Å². The quantitative estimate of drug-likeness (QED) is 0.0530. The van der Waals surface area contributed by atoms with Crippen LogP contribution in [0.25, 0.3) is 85.2 Å². The van der Waals surface area contributed by atoms with Gasteiger partial charge in [-0.1, -0.05) is 0 Å². The monoisotopic (exact) mass is 1850 g/mol. The lowest BCUT2D eigenvalue weighted by Gasteiger charge is -2.49. The number of morpholine rings is 2. The first-order chi connectivity index (χ1) is 65.3. The summed E-state index contributed by atoms with van der Waals surface area (Å²) in [4.78, 5) is 76.1. The molecule has 0 amide bonds. The molecule has 0 aromatic carbocycles. The molecule has 696 valence electrons. The summed E-state index contributed by atoms with van der Waals surface area (Å²) in [5, 5.41) is 36.7. The van der Waals surface area contributed by atoms with Crippen molar-refractivity contribution in [1.29, 1.82) is 0 Å². The topological polar surface area (TPSA) is 375 Å². The highest BCUT2D eigenvalue weighted by Gasteiger charge is 2.45. The lowest BCUT2D eigenvalue weighted by molar-refractivity contribution is -0.0883. The number of piperidine rings is 2. The fraction of sp³-hybridized carbons (Fsp3) is 0.425. The zero-order chi connectivity index (χ0) is 91.7. The van der Waals surface area contributed by atoms with Crippen LogP contribution >= 0.6 is 0 Å². The Morgan fingerprint density at radius 1 is 0.381 bits per heavy atom. The fourth-order valence-electron chi connectivity index (χ4n) is 18.7. The number of aromatic nitrogens is 25. The highest BCUT2D eigenvalue weighted by molar-refractivity contribution is 5.68. The average Bonchev–Trinajstić information content (AvgIpc) is 1.78. The lowest BCUT2D eigenvalue weighted by atomic mass is 9.75. The number of halogens is 10. The van der Waals surface area contributed by atoms with Gasteiger partial charge in [0.1, 0.15) is 123 Å². The minimum absolute atomic E-state index is 0.142. The number of fused-ring (bicyclic) bond motifs is 7. The van der Waals surface area contributed by atoms with Crippen LogP contribution in [0.2, 0.25) is 0 Å². The first-order valence-electron chi connectivity index (χ1n) is 44.1. The Morgan fingerprint density at radius 3 is 1.18 bits per heavy atom. The zero-order valence-electron chi connectivity index (χ0n) is 72.2. The second-order valence-electron chi connectivity index (χ2n) is 34.2. The van der Waals surface area contributed by atoms with E-state index in [9.17, 15) is 43.9 Å². The third-order valence-corrected chi connectivity index (χ3v) is 25.6. The van der Waals surface area contributed by atoms with Crippen molar-refractivity contribution < 1.29 is 53.4 Å². The van der Waals surface area contributed by atoms with Crippen molar-refractivity contribution in [3.63, 3.8) is 0 Å². The third-order valence-electron chi connectivity index (χ3n) is 25.6. The fourth-order valence-corrected chi connectivity index (χ4v) is 18.7. The van der Waals surface area contributed by atoms with E-state index in [0.717, 1.165) is 160 Å². The number of rotatable bonds is 17. The second kappa shape index (κ2) is 38.2. The van der Waals surface area contributed by atoms with Crippen LogP contribution in [0.5, 0.6) is 0 Å². The Balaban J connectivity index is 0.000000104. The number of nitrogens with zero attached hydrogens (tertiary/aromatic N) is 30. The minimum Gasteiger partial charge on any atom is -0.373 e. The molecular formula is C87H91F10N35O2. The van der Waals surface area contributed by atoms with Crippen molar-refractivity contribution >= 4 is 57.3 Å². The molecule has 9 aliphatic heterocycles. The second-order valence-corrected chi connectivity index (χ2v) is 34.2. The molecule has 0 radical (unpaired) electrons. The largest absolute Gasteiger partial charge is 0.373 e. The predicted octanol–water partition coefficient (Wildman–Crippen LogP) is 9.40. The van der Waals surface area contributed by atoms with Crippen LogP contribution in [-0.4, -0.2) is 278 Å².